The summed E-state index contributed by atoms with van der Waals surface area (Å²) in [6, 6.07) is 12.0. The van der Waals surface area contributed by atoms with Crippen LogP contribution in [0.4, 0.5) is 57.9 Å². The number of aromatic nitrogens is 6. The summed E-state index contributed by atoms with van der Waals surface area (Å²) >= 11 is 34.6. The molecule has 0 aliphatic heterocycles. The molecular formula is C54H50Cl6K3N14Na3O28S10. The number of alkyl halides is 4. The number of hydrogen-bond acceptors (Lipinski definition) is 42. The summed E-state index contributed by atoms with van der Waals surface area (Å²) in [5.74, 6) is -9.34. The van der Waals surface area contributed by atoms with Crippen LogP contribution in [0.3, 0.4) is 0 Å². The maximum Gasteiger partial charge on any atom is 1.00 e. The summed E-state index contributed by atoms with van der Waals surface area (Å²) in [7, 11) is -47.4. The second kappa shape index (κ2) is 49.1. The molecule has 0 atom stereocenters. The van der Waals surface area contributed by atoms with Crippen molar-refractivity contribution in [1.82, 2.24) is 29.9 Å². The van der Waals surface area contributed by atoms with Crippen LogP contribution in [0.15, 0.2) is 135 Å². The largest absolute Gasteiger partial charge is 1.00 e. The standard InChI is InChI=1S/2C27H28Cl3N7O14S5.3K.3Na/c2*28-5-9-52(39,40)11-7-37(8-12-53(41,42)10-6-29)27-33-25(30)32-26(34-27)31-19-15-17(54(43,44)45)13-16-14-21(56(49,50)51)23(24(38)22(16)19)36-35-18-3-1-2-4-20(18)55(46,47)48;;;;;;/h2*1-4,13-15,38H,5-12H2,(H,43,44,45)(H,46,47,48)(H,49,50,51)(H,31,32,33,34);;;;;;/q;;6*+1/p-6. The van der Waals surface area contributed by atoms with Gasteiger partial charge in [0.05, 0.1) is 86.8 Å². The molecule has 118 heavy (non-hydrogen) atoms. The van der Waals surface area contributed by atoms with Gasteiger partial charge in [-0.2, -0.15) is 29.9 Å². The molecule has 0 amide bonds. The van der Waals surface area contributed by atoms with Crippen LogP contribution in [0, 0.1) is 0 Å². The van der Waals surface area contributed by atoms with E-state index >= 15 is 0 Å². The van der Waals surface area contributed by atoms with Crippen molar-refractivity contribution in [3.05, 3.63) is 95.5 Å². The molecule has 2 heterocycles. The molecule has 2 aromatic heterocycles. The molecule has 4 N–H and O–H groups in total. The smallest absolute Gasteiger partial charge is 0.744 e. The fourth-order valence-electron chi connectivity index (χ4n) is 9.50. The molecule has 0 bridgehead atoms. The molecule has 0 saturated heterocycles. The van der Waals surface area contributed by atoms with Gasteiger partial charge in [0.2, 0.25) is 34.4 Å². The van der Waals surface area contributed by atoms with Crippen molar-refractivity contribution >= 4 is 249 Å². The first-order valence-corrected chi connectivity index (χ1v) is 48.7. The first kappa shape index (κ1) is 117. The molecule has 0 aliphatic carbocycles. The van der Waals surface area contributed by atoms with Gasteiger partial charge < -0.3 is 58.0 Å². The van der Waals surface area contributed by atoms with E-state index in [2.05, 4.69) is 61.0 Å². The van der Waals surface area contributed by atoms with Crippen LogP contribution in [-0.4, -0.2) is 247 Å². The summed E-state index contributed by atoms with van der Waals surface area (Å²) in [6.45, 7) is -1.61. The Labute approximate surface area is 899 Å². The molecule has 0 radical (unpaired) electrons. The number of halogens is 6. The van der Waals surface area contributed by atoms with Gasteiger partial charge in [-0.1, -0.05) is 24.3 Å². The number of nitrogens with zero attached hydrogens (tertiary/aromatic N) is 12. The average Bonchev–Trinajstić information content (AvgIpc) is 0.750. The molecule has 0 saturated carbocycles. The number of rotatable bonds is 36. The van der Waals surface area contributed by atoms with Gasteiger partial charge in [-0.3, -0.25) is 0 Å². The third kappa shape index (κ3) is 34.6. The minimum Gasteiger partial charge on any atom is -0.744 e. The molecule has 42 nitrogen and oxygen atoms in total. The summed E-state index contributed by atoms with van der Waals surface area (Å²) in [5, 5.41) is 38.5. The van der Waals surface area contributed by atoms with Gasteiger partial charge in [-0.25, -0.2) is 84.2 Å². The van der Waals surface area contributed by atoms with Crippen molar-refractivity contribution in [2.24, 2.45) is 20.5 Å². The number of azo groups is 2. The Morgan fingerprint density at radius 3 is 0.881 bits per heavy atom. The molecule has 8 aromatic rings. The molecule has 0 unspecified atom stereocenters. The van der Waals surface area contributed by atoms with Gasteiger partial charge in [0.25, 0.3) is 0 Å². The summed E-state index contributed by atoms with van der Waals surface area (Å²) in [4.78, 5) is 19.5. The summed E-state index contributed by atoms with van der Waals surface area (Å²) in [6.07, 6.45) is 0. The topological polar surface area (TPSA) is 678 Å². The first-order chi connectivity index (χ1) is 51.7. The Bertz CT molecular complexity index is 5860. The zero-order chi connectivity index (χ0) is 83.7. The van der Waals surface area contributed by atoms with E-state index in [0.717, 1.165) is 46.2 Å². The number of nitrogens with one attached hydrogen (secondary N) is 2. The van der Waals surface area contributed by atoms with Gasteiger partial charge >= 0.3 is 243 Å². The van der Waals surface area contributed by atoms with E-state index in [4.69, 9.17) is 69.6 Å². The number of phenols is 2. The maximum absolute atomic E-state index is 12.5. The van der Waals surface area contributed by atoms with E-state index in [0.29, 0.717) is 36.4 Å². The number of hydrogen-bond donors (Lipinski definition) is 4. The van der Waals surface area contributed by atoms with Crippen LogP contribution in [0.1, 0.15) is 0 Å². The Hall–Kier alpha value is 0.769. The number of anilines is 6. The Balaban J connectivity index is 0.00000112. The van der Waals surface area contributed by atoms with E-state index in [-0.39, 0.29) is 266 Å². The quantitative estimate of drug-likeness (QED) is 0.0123. The SMILES string of the molecule is O=S(=O)(CCCl)CCN(CCS(=O)(=O)CCCl)c1nc(Cl)nc(Nc2cc(S(=O)(=O)[O-])cc3cc(S(=O)(=O)[O-])c(N=Nc4ccccc4S(=O)(=O)[O-])c(O)c23)n1.O=S(=O)(CCCl)CCN(CCS(=O)(=O)CCCl)c1nc(Cl)nc(Nc2cc(S(=O)(=O)[O-])cc3cc(S(=O)(=O)[O-])c(N=Nc4ccccc4S(=O)(=O)[O-])c(O)c23)n1.[K+].[K+].[K+].[Na+].[Na+].[Na+]. The van der Waals surface area contributed by atoms with Crippen molar-refractivity contribution in [3.8, 4) is 11.5 Å². The maximum atomic E-state index is 12.5. The van der Waals surface area contributed by atoms with Crippen LogP contribution in [0.5, 0.6) is 11.5 Å². The fourth-order valence-corrected chi connectivity index (χ4v) is 20.0. The molecule has 0 aliphatic rings. The third-order valence-electron chi connectivity index (χ3n) is 14.6. The Kier molecular flexibility index (Phi) is 48.6. The first-order valence-electron chi connectivity index (χ1n) is 30.1. The van der Waals surface area contributed by atoms with Crippen LogP contribution >= 0.6 is 69.6 Å². The minimum atomic E-state index is -5.62. The van der Waals surface area contributed by atoms with Crippen molar-refractivity contribution in [2.45, 2.75) is 29.4 Å². The number of aromatic hydroxyl groups is 2. The molecule has 0 spiro atoms. The Morgan fingerprint density at radius 2 is 0.627 bits per heavy atom. The van der Waals surface area contributed by atoms with Crippen LogP contribution in [0.2, 0.25) is 10.6 Å². The summed E-state index contributed by atoms with van der Waals surface area (Å²) in [5.41, 5.74) is -4.68. The Morgan fingerprint density at radius 1 is 0.356 bits per heavy atom. The van der Waals surface area contributed by atoms with Crippen LogP contribution in [0.25, 0.3) is 21.5 Å². The van der Waals surface area contributed by atoms with Crippen LogP contribution in [-0.2, 0) is 100 Å². The van der Waals surface area contributed by atoms with Crippen molar-refractivity contribution in [2.75, 3.05) is 116 Å². The monoisotopic (exact) mass is 2060 g/mol. The molecule has 64 heteroatoms. The van der Waals surface area contributed by atoms with Crippen molar-refractivity contribution in [1.29, 1.82) is 0 Å². The second-order valence-electron chi connectivity index (χ2n) is 22.4. The van der Waals surface area contributed by atoms with E-state index in [9.17, 15) is 122 Å². The van der Waals surface area contributed by atoms with Gasteiger partial charge in [-0.15, -0.1) is 66.9 Å². The molecule has 0 fully saturated rings. The molecule has 8 rings (SSSR count). The summed E-state index contributed by atoms with van der Waals surface area (Å²) < 4.78 is 317. The third-order valence-corrected chi connectivity index (χ3v) is 28.2. The van der Waals surface area contributed by atoms with Crippen molar-refractivity contribution in [3.63, 3.8) is 0 Å². The second-order valence-corrected chi connectivity index (χ2v) is 41.9. The number of sulfone groups is 4. The van der Waals surface area contributed by atoms with E-state index in [1.165, 1.54) is 12.1 Å². The van der Waals surface area contributed by atoms with E-state index in [1.807, 2.05) is 0 Å². The van der Waals surface area contributed by atoms with E-state index < -0.39 is 303 Å². The predicted octanol–water partition coefficient (Wildman–Crippen LogP) is -13.2. The predicted molar refractivity (Wildman–Crippen MR) is 398 cm³/mol. The minimum absolute atomic E-state index is 0. The zero-order valence-electron chi connectivity index (χ0n) is 61.6. The molecule has 6 aromatic carbocycles. The van der Waals surface area contributed by atoms with Gasteiger partial charge in [0.1, 0.15) is 83.5 Å². The molecular weight excluding hydrogens is 2010 g/mol. The van der Waals surface area contributed by atoms with E-state index in [1.54, 1.807) is 0 Å². The normalized spacial score (nSPS) is 12.4. The van der Waals surface area contributed by atoms with Gasteiger partial charge in [0, 0.05) is 60.5 Å². The average molecular weight is 2060 g/mol. The number of fused-ring (bicyclic) bond motifs is 2. The molecule has 612 valence electrons. The van der Waals surface area contributed by atoms with Crippen molar-refractivity contribution < 1.29 is 365 Å². The fraction of sp³-hybridized carbons (Fsp3) is 0.296. The van der Waals surface area contributed by atoms with Gasteiger partial charge in [-0.05, 0) is 94.6 Å². The zero-order valence-corrected chi connectivity index (χ0v) is 89.7. The number of benzene rings is 6. The number of phenolic OH excluding ortho intramolecular Hbond substituents is 2. The van der Waals surface area contributed by atoms with Crippen LogP contribution < -0.4 is 263 Å². The van der Waals surface area contributed by atoms with Gasteiger partial charge in [0.15, 0.2) is 50.8 Å².